The van der Waals surface area contributed by atoms with Crippen molar-refractivity contribution in [1.82, 2.24) is 19.5 Å². The number of anilines is 1. The summed E-state index contributed by atoms with van der Waals surface area (Å²) in [6, 6.07) is 5.96. The van der Waals surface area contributed by atoms with Crippen LogP contribution in [-0.2, 0) is 9.09 Å². The zero-order valence-electron chi connectivity index (χ0n) is 16.5. The van der Waals surface area contributed by atoms with Crippen molar-refractivity contribution < 1.29 is 28.3 Å². The average Bonchev–Trinajstić information content (AvgIpc) is 3.11. The molecule has 12 nitrogen and oxygen atoms in total. The Morgan fingerprint density at radius 2 is 2.03 bits per heavy atom. The number of imidazole rings is 1. The van der Waals surface area contributed by atoms with E-state index < -0.39 is 13.4 Å². The van der Waals surface area contributed by atoms with Gasteiger partial charge in [0.1, 0.15) is 11.5 Å². The molecule has 1 unspecified atom stereocenters. The molecule has 4 atom stereocenters. The number of nitrogens with two attached hydrogens (primary N) is 1. The number of aliphatic hydroxyl groups excluding tert-OH is 1. The van der Waals surface area contributed by atoms with Gasteiger partial charge in [0.05, 0.1) is 20.0 Å². The van der Waals surface area contributed by atoms with Gasteiger partial charge < -0.3 is 24.7 Å². The fourth-order valence-electron chi connectivity index (χ4n) is 3.73. The summed E-state index contributed by atoms with van der Waals surface area (Å²) >= 11 is 0. The fraction of sp³-hybridized carbons (Fsp3) is 0.389. The van der Waals surface area contributed by atoms with E-state index in [1.54, 1.807) is 16.7 Å². The number of hydrogen-bond acceptors (Lipinski definition) is 9. The molecule has 0 radical (unpaired) electrons. The number of ether oxygens (including phenoxy) is 1. The maximum Gasteiger partial charge on any atom is 0.527 e. The molecule has 1 saturated carbocycles. The van der Waals surface area contributed by atoms with Crippen LogP contribution in [0.1, 0.15) is 12.5 Å². The molecule has 3 aromatic rings. The van der Waals surface area contributed by atoms with E-state index in [2.05, 4.69) is 15.0 Å². The van der Waals surface area contributed by atoms with Crippen molar-refractivity contribution in [2.24, 2.45) is 11.8 Å². The van der Waals surface area contributed by atoms with Gasteiger partial charge in [-0.3, -0.25) is 19.2 Å². The molecule has 0 amide bonds. The minimum absolute atomic E-state index is 0.0316. The van der Waals surface area contributed by atoms with Crippen molar-refractivity contribution in [3.8, 4) is 11.5 Å². The molecule has 31 heavy (non-hydrogen) atoms. The number of aromatic amines is 1. The van der Waals surface area contributed by atoms with Crippen LogP contribution >= 0.6 is 7.82 Å². The summed E-state index contributed by atoms with van der Waals surface area (Å²) in [5.41, 5.74) is 5.65. The molecule has 1 aromatic carbocycles. The second kappa shape index (κ2) is 8.31. The van der Waals surface area contributed by atoms with Gasteiger partial charge in [0.15, 0.2) is 11.2 Å². The lowest BCUT2D eigenvalue weighted by molar-refractivity contribution is -0.00487. The molecule has 166 valence electrons. The Morgan fingerprint density at radius 3 is 2.71 bits per heavy atom. The first-order valence-electron chi connectivity index (χ1n) is 9.45. The van der Waals surface area contributed by atoms with Crippen LogP contribution in [-0.4, -0.2) is 49.8 Å². The Balaban J connectivity index is 1.41. The summed E-state index contributed by atoms with van der Waals surface area (Å²) in [4.78, 5) is 32.6. The van der Waals surface area contributed by atoms with Gasteiger partial charge in [-0.05, 0) is 36.6 Å². The van der Waals surface area contributed by atoms with Gasteiger partial charge in [-0.2, -0.15) is 4.98 Å². The van der Waals surface area contributed by atoms with Crippen molar-refractivity contribution in [1.29, 1.82) is 0 Å². The molecule has 0 bridgehead atoms. The lowest BCUT2D eigenvalue weighted by Crippen LogP contribution is -2.43. The number of aliphatic hydroxyl groups is 1. The van der Waals surface area contributed by atoms with Crippen LogP contribution in [0, 0.1) is 11.8 Å². The number of H-pyrrole nitrogens is 1. The van der Waals surface area contributed by atoms with Gasteiger partial charge in [0.2, 0.25) is 5.95 Å². The molecule has 5 N–H and O–H groups in total. The summed E-state index contributed by atoms with van der Waals surface area (Å²) < 4.78 is 29.2. The van der Waals surface area contributed by atoms with Crippen molar-refractivity contribution in [2.45, 2.75) is 12.5 Å². The van der Waals surface area contributed by atoms with Crippen LogP contribution in [0.2, 0.25) is 0 Å². The maximum atomic E-state index is 12.3. The van der Waals surface area contributed by atoms with Crippen LogP contribution < -0.4 is 20.6 Å². The van der Waals surface area contributed by atoms with Gasteiger partial charge in [-0.15, -0.1) is 0 Å². The number of aromatic nitrogens is 4. The van der Waals surface area contributed by atoms with E-state index in [9.17, 15) is 19.4 Å². The second-order valence-electron chi connectivity index (χ2n) is 7.22. The highest BCUT2D eigenvalue weighted by molar-refractivity contribution is 7.47. The molecule has 2 aromatic heterocycles. The van der Waals surface area contributed by atoms with Crippen molar-refractivity contribution in [3.63, 3.8) is 0 Å². The predicted molar refractivity (Wildman–Crippen MR) is 110 cm³/mol. The van der Waals surface area contributed by atoms with Gasteiger partial charge >= 0.3 is 7.82 Å². The molecule has 4 rings (SSSR count). The topological polar surface area (TPSA) is 175 Å². The molecule has 0 aliphatic heterocycles. The van der Waals surface area contributed by atoms with E-state index in [0.717, 1.165) is 0 Å². The van der Waals surface area contributed by atoms with E-state index in [-0.39, 0.29) is 48.3 Å². The van der Waals surface area contributed by atoms with Crippen LogP contribution in [0.3, 0.4) is 0 Å². The molecule has 2 heterocycles. The largest absolute Gasteiger partial charge is 0.527 e. The van der Waals surface area contributed by atoms with Gasteiger partial charge in [0, 0.05) is 18.6 Å². The molecular weight excluding hydrogens is 429 g/mol. The Labute approximate surface area is 176 Å². The highest BCUT2D eigenvalue weighted by Crippen LogP contribution is 2.49. The number of nitrogens with one attached hydrogen (secondary N) is 1. The third-order valence-corrected chi connectivity index (χ3v) is 6.31. The quantitative estimate of drug-likeness (QED) is 0.363. The zero-order chi connectivity index (χ0) is 22.2. The summed E-state index contributed by atoms with van der Waals surface area (Å²) in [5.74, 6) is 0.219. The number of hydrogen-bond donors (Lipinski definition) is 4. The highest BCUT2D eigenvalue weighted by Gasteiger charge is 2.44. The number of nitrogens with zero attached hydrogens (tertiary/aromatic N) is 3. The standard InChI is InChI=1S/C18H22N5O7P/c1-28-11-2-4-12(5-3-11)30-31(26,27)29-8-10-6-14(13(10)7-24)23-9-20-15-16(23)21-18(19)22-17(15)25/h2-5,9-10,13-14,24H,6-8H2,1H3,(H,26,27)(H3,19,21,22,25)/t10-,13-,14-/m1/s1. The third kappa shape index (κ3) is 4.28. The SMILES string of the molecule is COc1ccc(OP(=O)(O)OC[C@H]2C[C@@H](n3cnc4c(=O)[nH]c(N)nc43)[C@@H]2CO)cc1. The van der Waals surface area contributed by atoms with Crippen LogP contribution in [0.15, 0.2) is 35.4 Å². The second-order valence-corrected chi connectivity index (χ2v) is 8.59. The summed E-state index contributed by atoms with van der Waals surface area (Å²) in [6.45, 7) is -0.277. The van der Waals surface area contributed by atoms with E-state index in [1.807, 2.05) is 0 Å². The zero-order valence-corrected chi connectivity index (χ0v) is 17.4. The maximum absolute atomic E-state index is 12.3. The van der Waals surface area contributed by atoms with E-state index in [0.29, 0.717) is 17.8 Å². The van der Waals surface area contributed by atoms with Crippen LogP contribution in [0.25, 0.3) is 11.2 Å². The Kier molecular flexibility index (Phi) is 5.71. The number of methoxy groups -OCH3 is 1. The lowest BCUT2D eigenvalue weighted by Gasteiger charge is -2.44. The van der Waals surface area contributed by atoms with E-state index >= 15 is 0 Å². The minimum atomic E-state index is -4.36. The predicted octanol–water partition coefficient (Wildman–Crippen LogP) is 1.08. The Hall–Kier alpha value is -2.92. The number of phosphoric ester groups is 1. The van der Waals surface area contributed by atoms with Crippen molar-refractivity contribution in [2.75, 3.05) is 26.1 Å². The van der Waals surface area contributed by atoms with E-state index in [4.69, 9.17) is 19.5 Å². The third-order valence-electron chi connectivity index (χ3n) is 5.39. The van der Waals surface area contributed by atoms with Crippen molar-refractivity contribution in [3.05, 3.63) is 40.9 Å². The fourth-order valence-corrected chi connectivity index (χ4v) is 4.55. The van der Waals surface area contributed by atoms with Gasteiger partial charge in [-0.25, -0.2) is 9.55 Å². The first-order valence-corrected chi connectivity index (χ1v) is 10.9. The summed E-state index contributed by atoms with van der Waals surface area (Å²) in [6.07, 6.45) is 1.99. The number of fused-ring (bicyclic) bond motifs is 1. The summed E-state index contributed by atoms with van der Waals surface area (Å²) in [7, 11) is -2.85. The number of benzene rings is 1. The molecule has 0 spiro atoms. The number of phosphoric acid groups is 1. The average molecular weight is 451 g/mol. The first kappa shape index (κ1) is 21.3. The normalized spacial score (nSPS) is 22.6. The lowest BCUT2D eigenvalue weighted by atomic mass is 9.70. The Morgan fingerprint density at radius 1 is 1.32 bits per heavy atom. The van der Waals surface area contributed by atoms with Crippen molar-refractivity contribution >= 4 is 24.9 Å². The highest BCUT2D eigenvalue weighted by atomic mass is 31.2. The first-order chi connectivity index (χ1) is 14.8. The minimum Gasteiger partial charge on any atom is -0.497 e. The molecule has 0 saturated heterocycles. The van der Waals surface area contributed by atoms with Crippen LogP contribution in [0.4, 0.5) is 5.95 Å². The molecular formula is C18H22N5O7P. The molecule has 13 heteroatoms. The smallest absolute Gasteiger partial charge is 0.497 e. The molecule has 1 fully saturated rings. The Bertz CT molecular complexity index is 1180. The van der Waals surface area contributed by atoms with Gasteiger partial charge in [-0.1, -0.05) is 0 Å². The number of nitrogen functional groups attached to an aromatic ring is 1. The van der Waals surface area contributed by atoms with E-state index in [1.165, 1.54) is 25.6 Å². The van der Waals surface area contributed by atoms with Crippen LogP contribution in [0.5, 0.6) is 11.5 Å². The molecule has 1 aliphatic rings. The van der Waals surface area contributed by atoms with Gasteiger partial charge in [0.25, 0.3) is 5.56 Å². The monoisotopic (exact) mass is 451 g/mol. The summed E-state index contributed by atoms with van der Waals surface area (Å²) in [5, 5.41) is 9.84. The molecule has 1 aliphatic carbocycles. The number of rotatable bonds is 8.